The summed E-state index contributed by atoms with van der Waals surface area (Å²) in [5.41, 5.74) is 2.27. The minimum absolute atomic E-state index is 0.0728. The Hall–Kier alpha value is -2.72. The number of benzene rings is 2. The normalized spacial score (nSPS) is 17.9. The molecule has 0 saturated carbocycles. The van der Waals surface area contributed by atoms with Gasteiger partial charge in [-0.25, -0.2) is 0 Å². The lowest BCUT2D eigenvalue weighted by molar-refractivity contribution is -0.146. The Kier molecular flexibility index (Phi) is 5.85. The molecule has 0 bridgehead atoms. The van der Waals surface area contributed by atoms with E-state index in [-0.39, 0.29) is 11.5 Å². The number of hydrogen-bond donors (Lipinski definition) is 1. The number of fused-ring (bicyclic) bond motifs is 3. The summed E-state index contributed by atoms with van der Waals surface area (Å²) in [6.07, 6.45) is -5.21. The fourth-order valence-corrected chi connectivity index (χ4v) is 5.60. The highest BCUT2D eigenvalue weighted by molar-refractivity contribution is 8.00. The van der Waals surface area contributed by atoms with Gasteiger partial charge in [-0.3, -0.25) is 9.36 Å². The van der Waals surface area contributed by atoms with Crippen molar-refractivity contribution in [2.45, 2.75) is 30.0 Å². The molecule has 0 saturated heterocycles. The van der Waals surface area contributed by atoms with Gasteiger partial charge in [0.2, 0.25) is 5.82 Å². The average Bonchev–Trinajstić information content (AvgIpc) is 3.12. The molecule has 2 atom stereocenters. The molecule has 32 heavy (non-hydrogen) atoms. The van der Waals surface area contributed by atoms with Crippen LogP contribution in [-0.4, -0.2) is 33.0 Å². The molecule has 3 aromatic rings. The van der Waals surface area contributed by atoms with Crippen molar-refractivity contribution in [1.82, 2.24) is 14.8 Å². The van der Waals surface area contributed by atoms with Gasteiger partial charge in [0.05, 0.1) is 29.7 Å². The van der Waals surface area contributed by atoms with Gasteiger partial charge in [-0.05, 0) is 47.9 Å². The summed E-state index contributed by atoms with van der Waals surface area (Å²) in [5.74, 6) is -1.83. The van der Waals surface area contributed by atoms with E-state index in [4.69, 9.17) is 16.3 Å². The predicted molar refractivity (Wildman–Crippen MR) is 114 cm³/mol. The molecule has 0 spiro atoms. The van der Waals surface area contributed by atoms with Gasteiger partial charge in [-0.2, -0.15) is 13.2 Å². The van der Waals surface area contributed by atoms with E-state index in [0.29, 0.717) is 16.3 Å². The second-order valence-corrected chi connectivity index (χ2v) is 8.94. The first-order valence-corrected chi connectivity index (χ1v) is 10.8. The van der Waals surface area contributed by atoms with Gasteiger partial charge in [0.25, 0.3) is 0 Å². The number of halogens is 4. The summed E-state index contributed by atoms with van der Waals surface area (Å²) in [4.78, 5) is 11.6. The van der Waals surface area contributed by atoms with E-state index < -0.39 is 34.9 Å². The van der Waals surface area contributed by atoms with Gasteiger partial charge in [-0.15, -0.1) is 22.0 Å². The molecule has 0 aliphatic carbocycles. The van der Waals surface area contributed by atoms with E-state index in [2.05, 4.69) is 10.2 Å². The Labute approximate surface area is 190 Å². The maximum Gasteiger partial charge on any atom is 0.452 e. The van der Waals surface area contributed by atoms with Crippen LogP contribution in [0.2, 0.25) is 5.02 Å². The number of aliphatic carboxylic acids is 1. The van der Waals surface area contributed by atoms with Crippen molar-refractivity contribution in [3.05, 3.63) is 69.8 Å². The van der Waals surface area contributed by atoms with Crippen molar-refractivity contribution < 1.29 is 27.8 Å². The molecule has 1 aromatic heterocycles. The van der Waals surface area contributed by atoms with Crippen LogP contribution in [0.3, 0.4) is 0 Å². The van der Waals surface area contributed by atoms with Crippen LogP contribution in [0.1, 0.15) is 45.3 Å². The number of hydrogen-bond acceptors (Lipinski definition) is 5. The zero-order valence-electron chi connectivity index (χ0n) is 16.9. The van der Waals surface area contributed by atoms with E-state index in [1.807, 2.05) is 13.0 Å². The van der Waals surface area contributed by atoms with Gasteiger partial charge < -0.3 is 9.84 Å². The Morgan fingerprint density at radius 3 is 2.66 bits per heavy atom. The van der Waals surface area contributed by atoms with Crippen LogP contribution in [0.5, 0.6) is 5.75 Å². The van der Waals surface area contributed by atoms with Crippen LogP contribution in [0, 0.1) is 6.92 Å². The zero-order chi connectivity index (χ0) is 23.2. The van der Waals surface area contributed by atoms with Crippen molar-refractivity contribution in [3.63, 3.8) is 0 Å². The summed E-state index contributed by atoms with van der Waals surface area (Å²) >= 11 is 7.44. The Morgan fingerprint density at radius 1 is 1.25 bits per heavy atom. The standard InChI is InChI=1S/C21H17ClF3N3O3S/c1-10-12(4-3-5-15(10)31-2)18-13-8-11(22)6-7-14(13)28-19(16(32-18)9-17(29)30)26-27-20(28)21(23,24)25/h3-8,16,18H,9H2,1-2H3,(H,29,30)/t16-,18-/m1/s1. The van der Waals surface area contributed by atoms with Gasteiger partial charge in [-0.1, -0.05) is 23.7 Å². The topological polar surface area (TPSA) is 77.2 Å². The molecular weight excluding hydrogens is 467 g/mol. The monoisotopic (exact) mass is 483 g/mol. The van der Waals surface area contributed by atoms with Crippen molar-refractivity contribution in [2.75, 3.05) is 7.11 Å². The molecule has 0 amide bonds. The number of ether oxygens (including phenoxy) is 1. The first kappa shape index (κ1) is 22.5. The second-order valence-electron chi connectivity index (χ2n) is 7.20. The molecule has 0 fully saturated rings. The first-order valence-electron chi connectivity index (χ1n) is 9.45. The van der Waals surface area contributed by atoms with Crippen LogP contribution >= 0.6 is 23.4 Å². The third-order valence-corrected chi connectivity index (χ3v) is 6.95. The summed E-state index contributed by atoms with van der Waals surface area (Å²) in [7, 11) is 1.53. The summed E-state index contributed by atoms with van der Waals surface area (Å²) in [5, 5.41) is 15.5. The maximum absolute atomic E-state index is 13.8. The minimum Gasteiger partial charge on any atom is -0.496 e. The lowest BCUT2D eigenvalue weighted by atomic mass is 9.97. The number of nitrogens with zero attached hydrogens (tertiary/aromatic N) is 3. The zero-order valence-corrected chi connectivity index (χ0v) is 18.4. The minimum atomic E-state index is -4.79. The molecule has 1 N–H and O–H groups in total. The SMILES string of the molecule is COc1cccc([C@H]2S[C@H](CC(=O)O)c3nnc(C(F)(F)F)n3-c3ccc(Cl)cc32)c1C. The van der Waals surface area contributed by atoms with Gasteiger partial charge in [0.1, 0.15) is 5.75 Å². The molecule has 6 nitrogen and oxygen atoms in total. The average molecular weight is 484 g/mol. The molecule has 2 heterocycles. The molecule has 4 rings (SSSR count). The van der Waals surface area contributed by atoms with Crippen molar-refractivity contribution in [1.29, 1.82) is 0 Å². The second kappa shape index (κ2) is 8.32. The van der Waals surface area contributed by atoms with E-state index in [0.717, 1.165) is 15.7 Å². The smallest absolute Gasteiger partial charge is 0.452 e. The van der Waals surface area contributed by atoms with Crippen molar-refractivity contribution >= 4 is 29.3 Å². The lowest BCUT2D eigenvalue weighted by Crippen LogP contribution is -2.16. The summed E-state index contributed by atoms with van der Waals surface area (Å²) < 4.78 is 47.7. The fourth-order valence-electron chi connectivity index (χ4n) is 3.84. The summed E-state index contributed by atoms with van der Waals surface area (Å²) in [6.45, 7) is 1.84. The Bertz CT molecular complexity index is 1200. The molecule has 168 valence electrons. The molecule has 11 heteroatoms. The third kappa shape index (κ3) is 3.93. The highest BCUT2D eigenvalue weighted by Gasteiger charge is 2.43. The number of carboxylic acid groups (broad SMARTS) is 1. The van der Waals surface area contributed by atoms with E-state index in [1.54, 1.807) is 18.2 Å². The van der Waals surface area contributed by atoms with Crippen molar-refractivity contribution in [2.24, 2.45) is 0 Å². The fraction of sp³-hybridized carbons (Fsp3) is 0.286. The van der Waals surface area contributed by atoms with E-state index in [1.165, 1.54) is 31.0 Å². The third-order valence-electron chi connectivity index (χ3n) is 5.23. The van der Waals surface area contributed by atoms with Crippen LogP contribution in [-0.2, 0) is 11.0 Å². The van der Waals surface area contributed by atoms with E-state index in [9.17, 15) is 23.1 Å². The van der Waals surface area contributed by atoms with Crippen LogP contribution < -0.4 is 4.74 Å². The number of carbonyl (C=O) groups is 1. The molecule has 1 aliphatic heterocycles. The molecule has 2 aromatic carbocycles. The van der Waals surface area contributed by atoms with Crippen LogP contribution in [0.4, 0.5) is 13.2 Å². The molecule has 0 unspecified atom stereocenters. The molecule has 0 radical (unpaired) electrons. The molecular formula is C21H17ClF3N3O3S. The van der Waals surface area contributed by atoms with Crippen LogP contribution in [0.15, 0.2) is 36.4 Å². The lowest BCUT2D eigenvalue weighted by Gasteiger charge is -2.23. The van der Waals surface area contributed by atoms with Gasteiger partial charge >= 0.3 is 12.1 Å². The van der Waals surface area contributed by atoms with E-state index >= 15 is 0 Å². The van der Waals surface area contributed by atoms with Gasteiger partial charge in [0.15, 0.2) is 5.82 Å². The van der Waals surface area contributed by atoms with Crippen LogP contribution in [0.25, 0.3) is 5.69 Å². The highest BCUT2D eigenvalue weighted by atomic mass is 35.5. The molecule has 1 aliphatic rings. The number of alkyl halides is 3. The number of rotatable bonds is 4. The highest BCUT2D eigenvalue weighted by Crippen LogP contribution is 2.52. The quantitative estimate of drug-likeness (QED) is 0.520. The largest absolute Gasteiger partial charge is 0.496 e. The van der Waals surface area contributed by atoms with Gasteiger partial charge in [0, 0.05) is 5.02 Å². The Morgan fingerprint density at radius 2 is 2.00 bits per heavy atom. The van der Waals surface area contributed by atoms with Crippen molar-refractivity contribution in [3.8, 4) is 11.4 Å². The number of methoxy groups -OCH3 is 1. The number of thioether (sulfide) groups is 1. The maximum atomic E-state index is 13.8. The summed E-state index contributed by atoms with van der Waals surface area (Å²) in [6, 6.07) is 9.97. The number of aromatic nitrogens is 3. The number of carboxylic acids is 1. The predicted octanol–water partition coefficient (Wildman–Crippen LogP) is 5.61. The Balaban J connectivity index is 2.03. The first-order chi connectivity index (χ1) is 15.1.